The van der Waals surface area contributed by atoms with Gasteiger partial charge in [0.15, 0.2) is 11.9 Å². The quantitative estimate of drug-likeness (QED) is 0.543. The zero-order valence-corrected chi connectivity index (χ0v) is 15.9. The van der Waals surface area contributed by atoms with Crippen molar-refractivity contribution in [2.75, 3.05) is 12.4 Å². The van der Waals surface area contributed by atoms with Gasteiger partial charge in [-0.1, -0.05) is 32.0 Å². The minimum absolute atomic E-state index is 0.0126. The summed E-state index contributed by atoms with van der Waals surface area (Å²) in [4.78, 5) is 23.2. The number of nitrogens with one attached hydrogen (secondary N) is 1. The molecular weight excluding hydrogens is 348 g/mol. The molecule has 1 amide bonds. The molecule has 0 aliphatic rings. The van der Waals surface area contributed by atoms with Crippen molar-refractivity contribution in [1.82, 2.24) is 0 Å². The average molecular weight is 372 g/mol. The molecule has 0 unspecified atom stereocenters. The molecule has 0 aliphatic heterocycles. The Kier molecular flexibility index (Phi) is 6.76. The number of para-hydroxylation sites is 1. The van der Waals surface area contributed by atoms with E-state index in [0.29, 0.717) is 11.7 Å². The van der Waals surface area contributed by atoms with Crippen LogP contribution in [0.1, 0.15) is 38.7 Å². The summed E-state index contributed by atoms with van der Waals surface area (Å²) in [6.45, 7) is 5.72. The van der Waals surface area contributed by atoms with E-state index in [4.69, 9.17) is 9.47 Å². The van der Waals surface area contributed by atoms with Gasteiger partial charge in [0.05, 0.1) is 18.1 Å². The van der Waals surface area contributed by atoms with Crippen LogP contribution in [0.5, 0.6) is 11.5 Å². The number of nitro benzene ring substituents is 1. The fraction of sp³-hybridized carbons (Fsp3) is 0.350. The lowest BCUT2D eigenvalue weighted by Crippen LogP contribution is -2.30. The van der Waals surface area contributed by atoms with E-state index in [0.717, 1.165) is 17.7 Å². The van der Waals surface area contributed by atoms with Crippen LogP contribution in [0.15, 0.2) is 42.5 Å². The molecule has 144 valence electrons. The number of carbonyl (C=O) groups is 1. The van der Waals surface area contributed by atoms with Crippen molar-refractivity contribution < 1.29 is 19.2 Å². The van der Waals surface area contributed by atoms with Crippen LogP contribution in [-0.4, -0.2) is 24.0 Å². The van der Waals surface area contributed by atoms with Gasteiger partial charge in [-0.2, -0.15) is 0 Å². The summed E-state index contributed by atoms with van der Waals surface area (Å²) in [7, 11) is 1.42. The van der Waals surface area contributed by atoms with Crippen molar-refractivity contribution in [2.45, 2.75) is 39.2 Å². The molecule has 0 saturated heterocycles. The first kappa shape index (κ1) is 20.2. The molecule has 2 atom stereocenters. The maximum absolute atomic E-state index is 12.6. The van der Waals surface area contributed by atoms with Crippen molar-refractivity contribution in [1.29, 1.82) is 0 Å². The predicted octanol–water partition coefficient (Wildman–Crippen LogP) is 4.52. The summed E-state index contributed by atoms with van der Waals surface area (Å²) in [6, 6.07) is 11.8. The molecule has 0 heterocycles. The van der Waals surface area contributed by atoms with Gasteiger partial charge in [0.1, 0.15) is 5.75 Å². The summed E-state index contributed by atoms with van der Waals surface area (Å²) in [5, 5.41) is 14.1. The van der Waals surface area contributed by atoms with Crippen LogP contribution < -0.4 is 14.8 Å². The number of amides is 1. The highest BCUT2D eigenvalue weighted by Crippen LogP contribution is 2.32. The number of anilines is 1. The largest absolute Gasteiger partial charge is 0.496 e. The lowest BCUT2D eigenvalue weighted by molar-refractivity contribution is -0.386. The third-order valence-corrected chi connectivity index (χ3v) is 4.40. The number of carbonyl (C=O) groups excluding carboxylic acids is 1. The van der Waals surface area contributed by atoms with Crippen LogP contribution in [0.4, 0.5) is 11.4 Å². The lowest BCUT2D eigenvalue weighted by Gasteiger charge is -2.18. The van der Waals surface area contributed by atoms with Crippen LogP contribution in [-0.2, 0) is 4.79 Å². The Morgan fingerprint density at radius 3 is 2.56 bits per heavy atom. The number of nitrogens with zero attached hydrogens (tertiary/aromatic N) is 1. The molecule has 0 spiro atoms. The van der Waals surface area contributed by atoms with Gasteiger partial charge in [0, 0.05) is 5.69 Å². The molecule has 0 radical (unpaired) electrons. The van der Waals surface area contributed by atoms with Gasteiger partial charge in [-0.05, 0) is 43.0 Å². The number of nitro groups is 1. The van der Waals surface area contributed by atoms with Gasteiger partial charge in [0.25, 0.3) is 5.91 Å². The van der Waals surface area contributed by atoms with Crippen molar-refractivity contribution in [2.24, 2.45) is 0 Å². The Labute approximate surface area is 158 Å². The molecule has 1 N–H and O–H groups in total. The third kappa shape index (κ3) is 4.97. The minimum Gasteiger partial charge on any atom is -0.496 e. The Morgan fingerprint density at radius 1 is 1.22 bits per heavy atom. The molecule has 2 aromatic carbocycles. The van der Waals surface area contributed by atoms with Crippen LogP contribution in [0.2, 0.25) is 0 Å². The number of rotatable bonds is 8. The van der Waals surface area contributed by atoms with Crippen molar-refractivity contribution in [3.63, 3.8) is 0 Å². The van der Waals surface area contributed by atoms with E-state index < -0.39 is 11.0 Å². The normalized spacial score (nSPS) is 12.7. The average Bonchev–Trinajstić information content (AvgIpc) is 2.67. The van der Waals surface area contributed by atoms with E-state index in [9.17, 15) is 14.9 Å². The van der Waals surface area contributed by atoms with Gasteiger partial charge in [-0.15, -0.1) is 0 Å². The molecule has 2 rings (SSSR count). The molecule has 0 bridgehead atoms. The second-order valence-electron chi connectivity index (χ2n) is 6.24. The van der Waals surface area contributed by atoms with Crippen LogP contribution in [0.3, 0.4) is 0 Å². The number of methoxy groups -OCH3 is 1. The maximum Gasteiger partial charge on any atom is 0.314 e. The molecule has 0 aromatic heterocycles. The summed E-state index contributed by atoms with van der Waals surface area (Å²) in [5.74, 6) is 0.267. The fourth-order valence-electron chi connectivity index (χ4n) is 2.61. The van der Waals surface area contributed by atoms with Crippen molar-refractivity contribution in [3.05, 3.63) is 58.1 Å². The van der Waals surface area contributed by atoms with E-state index in [1.807, 2.05) is 24.3 Å². The molecule has 2 aromatic rings. The molecule has 0 saturated carbocycles. The van der Waals surface area contributed by atoms with Crippen LogP contribution in [0.25, 0.3) is 0 Å². The monoisotopic (exact) mass is 372 g/mol. The number of benzene rings is 2. The topological polar surface area (TPSA) is 90.7 Å². The summed E-state index contributed by atoms with van der Waals surface area (Å²) >= 11 is 0. The van der Waals surface area contributed by atoms with Crippen LogP contribution >= 0.6 is 0 Å². The molecule has 7 nitrogen and oxygen atoms in total. The van der Waals surface area contributed by atoms with Crippen molar-refractivity contribution in [3.8, 4) is 11.5 Å². The number of ether oxygens (including phenoxy) is 2. The smallest absolute Gasteiger partial charge is 0.314 e. The van der Waals surface area contributed by atoms with Crippen molar-refractivity contribution >= 4 is 17.3 Å². The highest BCUT2D eigenvalue weighted by atomic mass is 16.6. The summed E-state index contributed by atoms with van der Waals surface area (Å²) in [5.41, 5.74) is 1.50. The lowest BCUT2D eigenvalue weighted by atomic mass is 9.97. The molecule has 27 heavy (non-hydrogen) atoms. The first-order valence-electron chi connectivity index (χ1n) is 8.76. The van der Waals surface area contributed by atoms with E-state index in [1.54, 1.807) is 13.0 Å². The number of hydrogen-bond donors (Lipinski definition) is 1. The Bertz CT molecular complexity index is 822. The Balaban J connectivity index is 2.17. The van der Waals surface area contributed by atoms with Gasteiger partial charge in [0.2, 0.25) is 0 Å². The second kappa shape index (κ2) is 9.02. The van der Waals surface area contributed by atoms with Gasteiger partial charge < -0.3 is 14.8 Å². The standard InChI is InChI=1S/C20H24N2O5/c1-5-13(2)16-8-6-7-9-17(16)21-20(23)14(3)27-19-11-10-15(26-4)12-18(19)22(24)25/h6-14H,5H2,1-4H3,(H,21,23)/t13-,14-/m0/s1. The minimum atomic E-state index is -0.915. The molecule has 7 heteroatoms. The van der Waals surface area contributed by atoms with Gasteiger partial charge in [-0.25, -0.2) is 0 Å². The zero-order valence-electron chi connectivity index (χ0n) is 15.9. The Hall–Kier alpha value is -3.09. The van der Waals surface area contributed by atoms with Crippen LogP contribution in [0, 0.1) is 10.1 Å². The first-order chi connectivity index (χ1) is 12.9. The second-order valence-corrected chi connectivity index (χ2v) is 6.24. The Morgan fingerprint density at radius 2 is 1.93 bits per heavy atom. The van der Waals surface area contributed by atoms with E-state index in [2.05, 4.69) is 19.2 Å². The van der Waals surface area contributed by atoms with Gasteiger partial charge >= 0.3 is 5.69 Å². The summed E-state index contributed by atoms with van der Waals surface area (Å²) in [6.07, 6.45) is 0.0267. The predicted molar refractivity (Wildman–Crippen MR) is 104 cm³/mol. The van der Waals surface area contributed by atoms with E-state index in [1.165, 1.54) is 19.2 Å². The highest BCUT2D eigenvalue weighted by Gasteiger charge is 2.23. The third-order valence-electron chi connectivity index (χ3n) is 4.40. The number of hydrogen-bond acceptors (Lipinski definition) is 5. The fourth-order valence-corrected chi connectivity index (χ4v) is 2.61. The summed E-state index contributed by atoms with van der Waals surface area (Å²) < 4.78 is 10.6. The molecular formula is C20H24N2O5. The highest BCUT2D eigenvalue weighted by molar-refractivity contribution is 5.95. The molecule has 0 fully saturated rings. The zero-order chi connectivity index (χ0) is 20.0. The molecule has 0 aliphatic carbocycles. The van der Waals surface area contributed by atoms with Gasteiger partial charge in [-0.3, -0.25) is 14.9 Å². The first-order valence-corrected chi connectivity index (χ1v) is 8.76. The van der Waals surface area contributed by atoms with E-state index in [-0.39, 0.29) is 17.3 Å². The van der Waals surface area contributed by atoms with E-state index >= 15 is 0 Å². The SMILES string of the molecule is CC[C@H](C)c1ccccc1NC(=O)[C@H](C)Oc1ccc(OC)cc1[N+](=O)[O-]. The maximum atomic E-state index is 12.6.